The fourth-order valence-electron chi connectivity index (χ4n) is 2.12. The van der Waals surface area contributed by atoms with Crippen molar-refractivity contribution in [3.8, 4) is 0 Å². The maximum Gasteiger partial charge on any atom is 0.123 e. The van der Waals surface area contributed by atoms with Crippen molar-refractivity contribution in [1.29, 1.82) is 0 Å². The molecule has 0 N–H and O–H groups in total. The quantitative estimate of drug-likeness (QED) is 0.455. The molecule has 0 saturated carbocycles. The van der Waals surface area contributed by atoms with Crippen molar-refractivity contribution in [3.05, 3.63) is 11.6 Å². The summed E-state index contributed by atoms with van der Waals surface area (Å²) in [4.78, 5) is 10.7. The fraction of sp³-hybridized carbons (Fsp3) is 0.727. The Morgan fingerprint density at radius 1 is 1.67 bits per heavy atom. The van der Waals surface area contributed by atoms with Gasteiger partial charge in [-0.3, -0.25) is 0 Å². The summed E-state index contributed by atoms with van der Waals surface area (Å²) in [6.45, 7) is 8.65. The van der Waals surface area contributed by atoms with E-state index in [4.69, 9.17) is 0 Å². The van der Waals surface area contributed by atoms with Crippen LogP contribution < -0.4 is 0 Å². The van der Waals surface area contributed by atoms with Crippen LogP contribution in [0.15, 0.2) is 11.6 Å². The first-order chi connectivity index (χ1) is 5.50. The molecule has 1 nitrogen and oxygen atoms in total. The molecule has 0 amide bonds. The smallest absolute Gasteiger partial charge is 0.123 e. The lowest BCUT2D eigenvalue weighted by atomic mass is 9.72. The molecule has 0 saturated heterocycles. The van der Waals surface area contributed by atoms with Crippen LogP contribution in [0.1, 0.15) is 34.1 Å². The number of carbonyl (C=O) groups excluding carboxylic acids is 1. The third-order valence-electron chi connectivity index (χ3n) is 3.47. The maximum absolute atomic E-state index is 10.7. The topological polar surface area (TPSA) is 17.1 Å². The SMILES string of the molecule is CC1=CC[C@@H](C(C)C=O)C1(C)C. The summed E-state index contributed by atoms with van der Waals surface area (Å²) in [5.74, 6) is 0.698. The lowest BCUT2D eigenvalue weighted by Gasteiger charge is -2.31. The van der Waals surface area contributed by atoms with Crippen LogP contribution in [0, 0.1) is 17.3 Å². The Bertz CT molecular complexity index is 213. The zero-order valence-corrected chi connectivity index (χ0v) is 8.42. The van der Waals surface area contributed by atoms with Gasteiger partial charge in [-0.2, -0.15) is 0 Å². The van der Waals surface area contributed by atoms with E-state index in [1.807, 2.05) is 6.92 Å². The minimum atomic E-state index is 0.189. The van der Waals surface area contributed by atoms with Gasteiger partial charge in [0, 0.05) is 5.92 Å². The molecule has 0 heterocycles. The number of carbonyl (C=O) groups is 1. The normalized spacial score (nSPS) is 29.7. The average Bonchev–Trinajstić information content (AvgIpc) is 2.27. The minimum Gasteiger partial charge on any atom is -0.303 e. The van der Waals surface area contributed by atoms with E-state index < -0.39 is 0 Å². The second kappa shape index (κ2) is 3.04. The fourth-order valence-corrected chi connectivity index (χ4v) is 2.12. The Labute approximate surface area is 74.9 Å². The Balaban J connectivity index is 2.80. The Hall–Kier alpha value is -0.590. The Kier molecular flexibility index (Phi) is 2.41. The van der Waals surface area contributed by atoms with Crippen LogP contribution in [0.4, 0.5) is 0 Å². The summed E-state index contributed by atoms with van der Waals surface area (Å²) in [6, 6.07) is 0. The zero-order valence-electron chi connectivity index (χ0n) is 8.42. The van der Waals surface area contributed by atoms with E-state index in [0.717, 1.165) is 12.7 Å². The molecule has 0 fully saturated rings. The average molecular weight is 166 g/mol. The standard InChI is InChI=1S/C11H18O/c1-8(7-12)10-6-5-9(2)11(10,3)4/h5,7-8,10H,6H2,1-4H3/t8?,10-/m0/s1. The molecule has 0 spiro atoms. The summed E-state index contributed by atoms with van der Waals surface area (Å²) in [7, 11) is 0. The summed E-state index contributed by atoms with van der Waals surface area (Å²) in [5.41, 5.74) is 1.65. The monoisotopic (exact) mass is 166 g/mol. The van der Waals surface area contributed by atoms with Crippen molar-refractivity contribution in [2.75, 3.05) is 0 Å². The van der Waals surface area contributed by atoms with Crippen LogP contribution >= 0.6 is 0 Å². The van der Waals surface area contributed by atoms with Crippen molar-refractivity contribution in [3.63, 3.8) is 0 Å². The van der Waals surface area contributed by atoms with Crippen LogP contribution in [0.5, 0.6) is 0 Å². The minimum absolute atomic E-state index is 0.189. The Morgan fingerprint density at radius 3 is 2.58 bits per heavy atom. The highest BCUT2D eigenvalue weighted by atomic mass is 16.1. The van der Waals surface area contributed by atoms with Crippen molar-refractivity contribution < 1.29 is 4.79 Å². The van der Waals surface area contributed by atoms with Crippen LogP contribution in [-0.4, -0.2) is 6.29 Å². The predicted octanol–water partition coefficient (Wildman–Crippen LogP) is 2.81. The van der Waals surface area contributed by atoms with Gasteiger partial charge in [0.1, 0.15) is 6.29 Å². The van der Waals surface area contributed by atoms with E-state index >= 15 is 0 Å². The number of hydrogen-bond donors (Lipinski definition) is 0. The van der Waals surface area contributed by atoms with Crippen molar-refractivity contribution in [2.24, 2.45) is 17.3 Å². The maximum atomic E-state index is 10.7. The van der Waals surface area contributed by atoms with Gasteiger partial charge >= 0.3 is 0 Å². The van der Waals surface area contributed by atoms with Gasteiger partial charge in [0.25, 0.3) is 0 Å². The van der Waals surface area contributed by atoms with E-state index in [9.17, 15) is 4.79 Å². The molecule has 0 aromatic rings. The van der Waals surface area contributed by atoms with E-state index in [0.29, 0.717) is 5.92 Å². The molecule has 0 aromatic heterocycles. The zero-order chi connectivity index (χ0) is 9.35. The molecule has 1 heteroatoms. The summed E-state index contributed by atoms with van der Waals surface area (Å²) >= 11 is 0. The lowest BCUT2D eigenvalue weighted by Crippen LogP contribution is -2.26. The van der Waals surface area contributed by atoms with Gasteiger partial charge in [-0.1, -0.05) is 32.4 Å². The third kappa shape index (κ3) is 1.33. The molecule has 68 valence electrons. The van der Waals surface area contributed by atoms with E-state index in [1.165, 1.54) is 5.57 Å². The van der Waals surface area contributed by atoms with Crippen molar-refractivity contribution in [2.45, 2.75) is 34.1 Å². The van der Waals surface area contributed by atoms with E-state index in [1.54, 1.807) is 0 Å². The van der Waals surface area contributed by atoms with Crippen molar-refractivity contribution in [1.82, 2.24) is 0 Å². The molecule has 1 aliphatic rings. The molecule has 1 unspecified atom stereocenters. The van der Waals surface area contributed by atoms with Crippen LogP contribution in [-0.2, 0) is 4.79 Å². The largest absolute Gasteiger partial charge is 0.303 e. The molecule has 0 radical (unpaired) electrons. The highest BCUT2D eigenvalue weighted by Crippen LogP contribution is 2.45. The van der Waals surface area contributed by atoms with Gasteiger partial charge < -0.3 is 4.79 Å². The Morgan fingerprint density at radius 2 is 2.25 bits per heavy atom. The highest BCUT2D eigenvalue weighted by molar-refractivity contribution is 5.54. The molecular weight excluding hydrogens is 148 g/mol. The second-order valence-corrected chi connectivity index (χ2v) is 4.45. The molecule has 0 aromatic carbocycles. The summed E-state index contributed by atoms with van der Waals surface area (Å²) in [6.07, 6.45) is 4.42. The van der Waals surface area contributed by atoms with Gasteiger partial charge in [-0.05, 0) is 24.7 Å². The number of rotatable bonds is 2. The molecule has 12 heavy (non-hydrogen) atoms. The van der Waals surface area contributed by atoms with Gasteiger partial charge in [0.2, 0.25) is 0 Å². The molecule has 1 aliphatic carbocycles. The molecule has 2 atom stereocenters. The van der Waals surface area contributed by atoms with Crippen LogP contribution in [0.25, 0.3) is 0 Å². The van der Waals surface area contributed by atoms with E-state index in [-0.39, 0.29) is 11.3 Å². The molecule has 0 bridgehead atoms. The highest BCUT2D eigenvalue weighted by Gasteiger charge is 2.37. The molecule has 0 aliphatic heterocycles. The van der Waals surface area contributed by atoms with Crippen LogP contribution in [0.2, 0.25) is 0 Å². The first-order valence-corrected chi connectivity index (χ1v) is 4.62. The van der Waals surface area contributed by atoms with Gasteiger partial charge in [-0.15, -0.1) is 0 Å². The summed E-state index contributed by atoms with van der Waals surface area (Å²) in [5, 5.41) is 0. The predicted molar refractivity (Wildman–Crippen MR) is 50.9 cm³/mol. The van der Waals surface area contributed by atoms with Gasteiger partial charge in [0.15, 0.2) is 0 Å². The molecular formula is C11H18O. The number of hydrogen-bond acceptors (Lipinski definition) is 1. The first kappa shape index (κ1) is 9.50. The van der Waals surface area contributed by atoms with E-state index in [2.05, 4.69) is 26.8 Å². The lowest BCUT2D eigenvalue weighted by molar-refractivity contribution is -0.112. The molecule has 1 rings (SSSR count). The third-order valence-corrected chi connectivity index (χ3v) is 3.47. The van der Waals surface area contributed by atoms with Gasteiger partial charge in [-0.25, -0.2) is 0 Å². The first-order valence-electron chi connectivity index (χ1n) is 4.62. The summed E-state index contributed by atoms with van der Waals surface area (Å²) < 4.78 is 0. The second-order valence-electron chi connectivity index (χ2n) is 4.45. The number of allylic oxidation sites excluding steroid dienone is 2. The van der Waals surface area contributed by atoms with Gasteiger partial charge in [0.05, 0.1) is 0 Å². The number of aldehydes is 1. The van der Waals surface area contributed by atoms with Crippen molar-refractivity contribution >= 4 is 6.29 Å². The van der Waals surface area contributed by atoms with Crippen LogP contribution in [0.3, 0.4) is 0 Å².